The lowest BCUT2D eigenvalue weighted by Crippen LogP contribution is -2.48. The fourth-order valence-electron chi connectivity index (χ4n) is 4.15. The van der Waals surface area contributed by atoms with Gasteiger partial charge in [-0.1, -0.05) is 60.7 Å². The van der Waals surface area contributed by atoms with Crippen LogP contribution in [-0.4, -0.2) is 93.3 Å². The van der Waals surface area contributed by atoms with Gasteiger partial charge in [-0.2, -0.15) is 0 Å². The zero-order chi connectivity index (χ0) is 28.7. The molecule has 0 saturated carbocycles. The number of aliphatic carboxylic acids is 1. The van der Waals surface area contributed by atoms with E-state index in [1.165, 1.54) is 11.1 Å². The molecule has 7 N–H and O–H groups in total. The Morgan fingerprint density at radius 1 is 0.921 bits per heavy atom. The summed E-state index contributed by atoms with van der Waals surface area (Å²) in [6.07, 6.45) is -5.78. The standard InChI is InChI=1S/C22H29NO2.C6H12O7/c1-4-25-21(24)15-16-22(17-18(2)23-3,19-11-7-5-8-12-19)20-13-9-6-10-14-20;7-1-2(8)3(9)4(10)5(11)6(12)13/h5-14,18,23H,4,15-17H2,1-3H3;2-5,7-11H,1H2,(H,12,13)/t;2-,3-,4+,5-/m.1/s1. The first-order chi connectivity index (χ1) is 18.0. The van der Waals surface area contributed by atoms with Gasteiger partial charge in [0.15, 0.2) is 6.10 Å². The number of hydrogen-bond donors (Lipinski definition) is 7. The first-order valence-electron chi connectivity index (χ1n) is 12.5. The molecule has 0 aliphatic heterocycles. The maximum Gasteiger partial charge on any atom is 0.335 e. The maximum atomic E-state index is 12.1. The van der Waals surface area contributed by atoms with Crippen LogP contribution in [0.3, 0.4) is 0 Å². The van der Waals surface area contributed by atoms with Crippen molar-refractivity contribution in [3.8, 4) is 0 Å². The van der Waals surface area contributed by atoms with Gasteiger partial charge in [-0.05, 0) is 44.9 Å². The SMILES string of the molecule is CCOC(=O)CCC(CC(C)NC)(c1ccccc1)c1ccccc1.O=C(O)[C@H](O)[C@@H](O)[C@H](O)[C@H](O)CO. The zero-order valence-corrected chi connectivity index (χ0v) is 22.1. The van der Waals surface area contributed by atoms with E-state index in [9.17, 15) is 9.59 Å². The second-order valence-electron chi connectivity index (χ2n) is 9.03. The fourth-order valence-corrected chi connectivity index (χ4v) is 4.15. The minimum absolute atomic E-state index is 0.129. The lowest BCUT2D eigenvalue weighted by molar-refractivity contribution is -0.164. The number of benzene rings is 2. The molecule has 0 heterocycles. The number of nitrogens with one attached hydrogen (secondary N) is 1. The second-order valence-corrected chi connectivity index (χ2v) is 9.03. The summed E-state index contributed by atoms with van der Waals surface area (Å²) in [5.74, 6) is -1.85. The zero-order valence-electron chi connectivity index (χ0n) is 22.1. The van der Waals surface area contributed by atoms with E-state index in [0.717, 1.165) is 12.8 Å². The second kappa shape index (κ2) is 16.9. The van der Waals surface area contributed by atoms with Crippen molar-refractivity contribution in [2.75, 3.05) is 20.3 Å². The molecular formula is C28H41NO9. The highest BCUT2D eigenvalue weighted by Gasteiger charge is 2.36. The highest BCUT2D eigenvalue weighted by Crippen LogP contribution is 2.41. The molecule has 10 nitrogen and oxygen atoms in total. The number of rotatable bonds is 14. The number of carboxylic acid groups (broad SMARTS) is 1. The molecule has 0 radical (unpaired) electrons. The molecule has 0 bridgehead atoms. The van der Waals surface area contributed by atoms with Gasteiger partial charge in [0.1, 0.15) is 18.3 Å². The van der Waals surface area contributed by atoms with Gasteiger partial charge < -0.3 is 40.7 Å². The fraction of sp³-hybridized carbons (Fsp3) is 0.500. The van der Waals surface area contributed by atoms with E-state index in [0.29, 0.717) is 19.1 Å². The van der Waals surface area contributed by atoms with Gasteiger partial charge in [0.05, 0.1) is 13.2 Å². The maximum absolute atomic E-state index is 12.1. The lowest BCUT2D eigenvalue weighted by atomic mass is 9.67. The molecule has 0 amide bonds. The summed E-state index contributed by atoms with van der Waals surface area (Å²) in [4.78, 5) is 22.2. The summed E-state index contributed by atoms with van der Waals surface area (Å²) in [7, 11) is 1.98. The predicted molar refractivity (Wildman–Crippen MR) is 141 cm³/mol. The largest absolute Gasteiger partial charge is 0.479 e. The molecule has 0 aliphatic rings. The van der Waals surface area contributed by atoms with Crippen LogP contribution in [0, 0.1) is 0 Å². The van der Waals surface area contributed by atoms with Crippen molar-refractivity contribution in [3.05, 3.63) is 71.8 Å². The highest BCUT2D eigenvalue weighted by molar-refractivity contribution is 5.72. The van der Waals surface area contributed by atoms with Crippen molar-refractivity contribution in [2.24, 2.45) is 0 Å². The van der Waals surface area contributed by atoms with Crippen LogP contribution in [-0.2, 0) is 19.7 Å². The van der Waals surface area contributed by atoms with E-state index >= 15 is 0 Å². The molecule has 212 valence electrons. The quantitative estimate of drug-likeness (QED) is 0.171. The van der Waals surface area contributed by atoms with Gasteiger partial charge in [0.2, 0.25) is 0 Å². The van der Waals surface area contributed by atoms with Crippen LogP contribution in [0.4, 0.5) is 0 Å². The molecule has 0 spiro atoms. The van der Waals surface area contributed by atoms with Crippen LogP contribution in [0.5, 0.6) is 0 Å². The minimum atomic E-state index is -2.20. The summed E-state index contributed by atoms with van der Waals surface area (Å²) >= 11 is 0. The van der Waals surface area contributed by atoms with Gasteiger partial charge in [0.25, 0.3) is 0 Å². The number of aliphatic hydroxyl groups excluding tert-OH is 5. The van der Waals surface area contributed by atoms with Crippen molar-refractivity contribution < 1.29 is 45.0 Å². The third-order valence-corrected chi connectivity index (χ3v) is 6.37. The molecule has 0 saturated heterocycles. The van der Waals surface area contributed by atoms with Crippen LogP contribution < -0.4 is 5.32 Å². The van der Waals surface area contributed by atoms with E-state index in [1.54, 1.807) is 0 Å². The number of carboxylic acids is 1. The Morgan fingerprint density at radius 3 is 1.82 bits per heavy atom. The van der Waals surface area contributed by atoms with Crippen molar-refractivity contribution >= 4 is 11.9 Å². The number of esters is 1. The smallest absolute Gasteiger partial charge is 0.335 e. The number of carbonyl (C=O) groups is 2. The average molecular weight is 536 g/mol. The van der Waals surface area contributed by atoms with E-state index < -0.39 is 37.0 Å². The molecular weight excluding hydrogens is 494 g/mol. The molecule has 2 aromatic carbocycles. The predicted octanol–water partition coefficient (Wildman–Crippen LogP) is 0.821. The van der Waals surface area contributed by atoms with Crippen LogP contribution in [0.15, 0.2) is 60.7 Å². The van der Waals surface area contributed by atoms with Crippen molar-refractivity contribution in [1.82, 2.24) is 5.32 Å². The van der Waals surface area contributed by atoms with E-state index in [1.807, 2.05) is 26.1 Å². The van der Waals surface area contributed by atoms with Gasteiger partial charge in [-0.15, -0.1) is 0 Å². The molecule has 38 heavy (non-hydrogen) atoms. The number of carbonyl (C=O) groups excluding carboxylic acids is 1. The van der Waals surface area contributed by atoms with Gasteiger partial charge >= 0.3 is 11.9 Å². The Kier molecular flexibility index (Phi) is 14.7. The van der Waals surface area contributed by atoms with Gasteiger partial charge in [0, 0.05) is 17.9 Å². The van der Waals surface area contributed by atoms with E-state index in [4.69, 9.17) is 35.4 Å². The van der Waals surface area contributed by atoms with E-state index in [2.05, 4.69) is 60.8 Å². The Balaban J connectivity index is 0.000000471. The Bertz CT molecular complexity index is 902. The Hall–Kier alpha value is -2.86. The topological polar surface area (TPSA) is 177 Å². The summed E-state index contributed by atoms with van der Waals surface area (Å²) in [6, 6.07) is 21.3. The van der Waals surface area contributed by atoms with Crippen LogP contribution in [0.1, 0.15) is 44.2 Å². The molecule has 0 aliphatic carbocycles. The van der Waals surface area contributed by atoms with E-state index in [-0.39, 0.29) is 11.4 Å². The monoisotopic (exact) mass is 535 g/mol. The molecule has 0 aromatic heterocycles. The van der Waals surface area contributed by atoms with Crippen molar-refractivity contribution in [2.45, 2.75) is 69.0 Å². The number of aliphatic hydroxyl groups is 5. The first-order valence-corrected chi connectivity index (χ1v) is 12.5. The van der Waals surface area contributed by atoms with Gasteiger partial charge in [-0.25, -0.2) is 4.79 Å². The third kappa shape index (κ3) is 9.79. The van der Waals surface area contributed by atoms with Crippen molar-refractivity contribution in [1.29, 1.82) is 0 Å². The summed E-state index contributed by atoms with van der Waals surface area (Å²) in [5, 5.41) is 55.2. The summed E-state index contributed by atoms with van der Waals surface area (Å²) in [5.41, 5.74) is 2.26. The summed E-state index contributed by atoms with van der Waals surface area (Å²) in [6.45, 7) is 3.62. The molecule has 2 aromatic rings. The van der Waals surface area contributed by atoms with Gasteiger partial charge in [-0.3, -0.25) is 4.79 Å². The number of ether oxygens (including phenoxy) is 1. The minimum Gasteiger partial charge on any atom is -0.479 e. The number of hydrogen-bond acceptors (Lipinski definition) is 9. The van der Waals surface area contributed by atoms with Crippen LogP contribution >= 0.6 is 0 Å². The highest BCUT2D eigenvalue weighted by atomic mass is 16.5. The molecule has 5 atom stereocenters. The Morgan fingerprint density at radius 2 is 1.42 bits per heavy atom. The summed E-state index contributed by atoms with van der Waals surface area (Å²) < 4.78 is 5.19. The van der Waals surface area contributed by atoms with Crippen molar-refractivity contribution in [3.63, 3.8) is 0 Å². The molecule has 0 fully saturated rings. The van der Waals surface area contributed by atoms with Crippen LogP contribution in [0.2, 0.25) is 0 Å². The normalized spacial score (nSPS) is 15.3. The first kappa shape index (κ1) is 33.2. The van der Waals surface area contributed by atoms with Crippen LogP contribution in [0.25, 0.3) is 0 Å². The molecule has 2 rings (SSSR count). The Labute approximate surface area is 223 Å². The average Bonchev–Trinajstić information content (AvgIpc) is 2.94. The lowest BCUT2D eigenvalue weighted by Gasteiger charge is -2.37. The molecule has 1 unspecified atom stereocenters. The molecule has 10 heteroatoms. The third-order valence-electron chi connectivity index (χ3n) is 6.37.